The lowest BCUT2D eigenvalue weighted by Crippen LogP contribution is -2.24. The molecule has 0 aliphatic carbocycles. The number of esters is 1. The van der Waals surface area contributed by atoms with Crippen LogP contribution in [-0.4, -0.2) is 24.0 Å². The van der Waals surface area contributed by atoms with Gasteiger partial charge in [-0.05, 0) is 36.6 Å². The summed E-state index contributed by atoms with van der Waals surface area (Å²) in [5.74, 6) is -1.25. The number of amides is 1. The summed E-state index contributed by atoms with van der Waals surface area (Å²) in [6.45, 7) is 1.82. The molecule has 0 saturated carbocycles. The average Bonchev–Trinajstić information content (AvgIpc) is 3.13. The van der Waals surface area contributed by atoms with E-state index in [1.54, 1.807) is 16.8 Å². The summed E-state index contributed by atoms with van der Waals surface area (Å²) in [7, 11) is 0. The van der Waals surface area contributed by atoms with Gasteiger partial charge in [-0.2, -0.15) is 11.3 Å². The number of halogens is 1. The molecule has 5 nitrogen and oxygen atoms in total. The number of ether oxygens (including phenoxy) is 1. The zero-order valence-corrected chi connectivity index (χ0v) is 13.2. The minimum atomic E-state index is -0.540. The van der Waals surface area contributed by atoms with Gasteiger partial charge < -0.3 is 15.4 Å². The van der Waals surface area contributed by atoms with Crippen LogP contribution in [0.3, 0.4) is 0 Å². The maximum absolute atomic E-state index is 13.9. The molecule has 1 fully saturated rings. The highest BCUT2D eigenvalue weighted by Crippen LogP contribution is 2.24. The predicted molar refractivity (Wildman–Crippen MR) is 86.3 cm³/mol. The van der Waals surface area contributed by atoms with Crippen molar-refractivity contribution >= 4 is 34.6 Å². The van der Waals surface area contributed by atoms with Crippen LogP contribution in [0, 0.1) is 5.82 Å². The highest BCUT2D eigenvalue weighted by Gasteiger charge is 2.31. The number of benzene rings is 1. The number of cyclic esters (lactones) is 1. The summed E-state index contributed by atoms with van der Waals surface area (Å²) in [5.41, 5.74) is 1.08. The predicted octanol–water partition coefficient (Wildman–Crippen LogP) is 3.26. The van der Waals surface area contributed by atoms with Gasteiger partial charge in [-0.1, -0.05) is 0 Å². The van der Waals surface area contributed by atoms with Crippen molar-refractivity contribution in [2.45, 2.75) is 25.5 Å². The van der Waals surface area contributed by atoms with E-state index in [0.717, 1.165) is 0 Å². The van der Waals surface area contributed by atoms with E-state index in [9.17, 15) is 14.0 Å². The standard InChI is InChI=1S/C16H15FN2O3S/c1-9-6-14(16(21)22-9)18-11-2-3-12(17)13(7-11)19-15(20)10-4-5-23-8-10/h2-5,7-9,14,18H,6H2,1H3,(H,19,20)/t9-,14+/m1/s1. The van der Waals surface area contributed by atoms with Gasteiger partial charge in [0.05, 0.1) is 11.3 Å². The second-order valence-corrected chi connectivity index (χ2v) is 6.12. The van der Waals surface area contributed by atoms with E-state index in [2.05, 4.69) is 10.6 Å². The molecule has 23 heavy (non-hydrogen) atoms. The van der Waals surface area contributed by atoms with Crippen LogP contribution >= 0.6 is 11.3 Å². The largest absolute Gasteiger partial charge is 0.461 e. The van der Waals surface area contributed by atoms with Gasteiger partial charge in [0, 0.05) is 17.5 Å². The third-order valence-electron chi connectivity index (χ3n) is 3.51. The van der Waals surface area contributed by atoms with Gasteiger partial charge in [-0.15, -0.1) is 0 Å². The summed E-state index contributed by atoms with van der Waals surface area (Å²) in [4.78, 5) is 23.7. The first kappa shape index (κ1) is 15.5. The van der Waals surface area contributed by atoms with Crippen LogP contribution in [0.4, 0.5) is 15.8 Å². The Morgan fingerprint density at radius 3 is 2.87 bits per heavy atom. The lowest BCUT2D eigenvalue weighted by molar-refractivity contribution is -0.141. The lowest BCUT2D eigenvalue weighted by atomic mass is 10.1. The van der Waals surface area contributed by atoms with Crippen LogP contribution in [-0.2, 0) is 9.53 Å². The molecule has 2 aromatic rings. The summed E-state index contributed by atoms with van der Waals surface area (Å²) in [5, 5.41) is 9.00. The van der Waals surface area contributed by atoms with E-state index in [1.165, 1.54) is 29.5 Å². The summed E-state index contributed by atoms with van der Waals surface area (Å²) in [6.07, 6.45) is 0.408. The molecule has 1 aliphatic rings. The average molecular weight is 334 g/mol. The highest BCUT2D eigenvalue weighted by atomic mass is 32.1. The van der Waals surface area contributed by atoms with Gasteiger partial charge in [-0.25, -0.2) is 9.18 Å². The molecule has 1 amide bonds. The number of thiophene rings is 1. The molecule has 2 N–H and O–H groups in total. The van der Waals surface area contributed by atoms with Crippen LogP contribution in [0.15, 0.2) is 35.0 Å². The Balaban J connectivity index is 1.74. The molecule has 1 aliphatic heterocycles. The number of hydrogen-bond acceptors (Lipinski definition) is 5. The van der Waals surface area contributed by atoms with E-state index >= 15 is 0 Å². The second-order valence-electron chi connectivity index (χ2n) is 5.34. The fraction of sp³-hybridized carbons (Fsp3) is 0.250. The second kappa shape index (κ2) is 6.37. The van der Waals surface area contributed by atoms with Crippen LogP contribution in [0.25, 0.3) is 0 Å². The topological polar surface area (TPSA) is 67.4 Å². The Hall–Kier alpha value is -2.41. The fourth-order valence-electron chi connectivity index (χ4n) is 2.37. The third-order valence-corrected chi connectivity index (χ3v) is 4.19. The first-order valence-corrected chi connectivity index (χ1v) is 8.07. The molecule has 1 saturated heterocycles. The van der Waals surface area contributed by atoms with Crippen LogP contribution in [0.2, 0.25) is 0 Å². The van der Waals surface area contributed by atoms with Crippen molar-refractivity contribution in [1.82, 2.24) is 0 Å². The number of rotatable bonds is 4. The van der Waals surface area contributed by atoms with Crippen molar-refractivity contribution in [1.29, 1.82) is 0 Å². The Morgan fingerprint density at radius 1 is 1.39 bits per heavy atom. The van der Waals surface area contributed by atoms with Crippen LogP contribution in [0.1, 0.15) is 23.7 Å². The first-order chi connectivity index (χ1) is 11.0. The molecule has 2 atom stereocenters. The fourth-order valence-corrected chi connectivity index (χ4v) is 3.01. The van der Waals surface area contributed by atoms with E-state index < -0.39 is 11.9 Å². The SMILES string of the molecule is C[C@@H]1C[C@H](Nc2ccc(F)c(NC(=O)c3ccsc3)c2)C(=O)O1. The lowest BCUT2D eigenvalue weighted by Gasteiger charge is -2.13. The minimum absolute atomic E-state index is 0.0608. The number of nitrogens with one attached hydrogen (secondary N) is 2. The van der Waals surface area contributed by atoms with E-state index in [4.69, 9.17) is 4.74 Å². The van der Waals surface area contributed by atoms with Crippen molar-refractivity contribution < 1.29 is 18.7 Å². The molecule has 2 heterocycles. The van der Waals surface area contributed by atoms with Gasteiger partial charge in [0.2, 0.25) is 0 Å². The van der Waals surface area contributed by atoms with Gasteiger partial charge in [0.25, 0.3) is 5.91 Å². The highest BCUT2D eigenvalue weighted by molar-refractivity contribution is 7.08. The smallest absolute Gasteiger partial charge is 0.328 e. The monoisotopic (exact) mass is 334 g/mol. The number of carbonyl (C=O) groups is 2. The molecule has 1 aromatic heterocycles. The Morgan fingerprint density at radius 2 is 2.22 bits per heavy atom. The first-order valence-electron chi connectivity index (χ1n) is 7.13. The molecule has 1 aromatic carbocycles. The number of hydrogen-bond donors (Lipinski definition) is 2. The summed E-state index contributed by atoms with van der Waals surface area (Å²) >= 11 is 1.39. The molecule has 0 bridgehead atoms. The van der Waals surface area contributed by atoms with Crippen molar-refractivity contribution in [3.63, 3.8) is 0 Å². The maximum Gasteiger partial charge on any atom is 0.328 e. The Labute approximate surface area is 136 Å². The normalized spacial score (nSPS) is 20.2. The number of anilines is 2. The maximum atomic E-state index is 13.9. The molecule has 3 rings (SSSR count). The van der Waals surface area contributed by atoms with Gasteiger partial charge >= 0.3 is 5.97 Å². The molecule has 120 valence electrons. The van der Waals surface area contributed by atoms with Crippen molar-refractivity contribution in [2.24, 2.45) is 0 Å². The minimum Gasteiger partial charge on any atom is -0.461 e. The molecule has 0 unspecified atom stereocenters. The summed E-state index contributed by atoms with van der Waals surface area (Å²) in [6, 6.07) is 5.43. The quantitative estimate of drug-likeness (QED) is 0.842. The molecule has 7 heteroatoms. The Kier molecular flexibility index (Phi) is 4.29. The molecule has 0 radical (unpaired) electrons. The van der Waals surface area contributed by atoms with E-state index in [0.29, 0.717) is 17.7 Å². The Bertz CT molecular complexity index is 733. The van der Waals surface area contributed by atoms with E-state index in [-0.39, 0.29) is 23.7 Å². The molecular weight excluding hydrogens is 319 g/mol. The van der Waals surface area contributed by atoms with Gasteiger partial charge in [-0.3, -0.25) is 4.79 Å². The van der Waals surface area contributed by atoms with Crippen LogP contribution < -0.4 is 10.6 Å². The van der Waals surface area contributed by atoms with Crippen LogP contribution in [0.5, 0.6) is 0 Å². The molecule has 0 spiro atoms. The zero-order chi connectivity index (χ0) is 16.4. The number of carbonyl (C=O) groups excluding carboxylic acids is 2. The third kappa shape index (κ3) is 3.50. The van der Waals surface area contributed by atoms with E-state index in [1.807, 2.05) is 6.92 Å². The van der Waals surface area contributed by atoms with Crippen molar-refractivity contribution in [3.8, 4) is 0 Å². The van der Waals surface area contributed by atoms with Gasteiger partial charge in [0.15, 0.2) is 0 Å². The molecular formula is C16H15FN2O3S. The summed E-state index contributed by atoms with van der Waals surface area (Å²) < 4.78 is 19.0. The van der Waals surface area contributed by atoms with Crippen molar-refractivity contribution in [2.75, 3.05) is 10.6 Å². The van der Waals surface area contributed by atoms with Gasteiger partial charge in [0.1, 0.15) is 18.0 Å². The zero-order valence-electron chi connectivity index (χ0n) is 12.3. The van der Waals surface area contributed by atoms with Crippen molar-refractivity contribution in [3.05, 3.63) is 46.4 Å².